The second-order valence-corrected chi connectivity index (χ2v) is 5.02. The summed E-state index contributed by atoms with van der Waals surface area (Å²) in [5.41, 5.74) is 3.55. The molecule has 0 N–H and O–H groups in total. The summed E-state index contributed by atoms with van der Waals surface area (Å²) in [6, 6.07) is 6.67. The Kier molecular flexibility index (Phi) is 7.21. The molecular weight excluding hydrogens is 262 g/mol. The summed E-state index contributed by atoms with van der Waals surface area (Å²) in [5, 5.41) is 0. The van der Waals surface area contributed by atoms with Crippen molar-refractivity contribution in [1.29, 1.82) is 0 Å². The van der Waals surface area contributed by atoms with Gasteiger partial charge in [0.2, 0.25) is 0 Å². The number of hydrogen-bond donors (Lipinski definition) is 0. The van der Waals surface area contributed by atoms with Gasteiger partial charge in [0.15, 0.2) is 0 Å². The number of anilines is 1. The monoisotopic (exact) mass is 285 g/mol. The minimum Gasteiger partial charge on any atom is -0.383 e. The van der Waals surface area contributed by atoms with Crippen molar-refractivity contribution in [3.05, 3.63) is 29.3 Å². The molecule has 3 nitrogen and oxygen atoms in total. The van der Waals surface area contributed by atoms with E-state index in [0.29, 0.717) is 19.1 Å². The van der Waals surface area contributed by atoms with Gasteiger partial charge in [-0.1, -0.05) is 17.7 Å². The zero-order chi connectivity index (χ0) is 14.3. The van der Waals surface area contributed by atoms with E-state index in [4.69, 9.17) is 21.1 Å². The molecule has 0 aliphatic carbocycles. The molecule has 1 aromatic rings. The molecular formula is C15H24ClNO2. The van der Waals surface area contributed by atoms with Crippen LogP contribution in [-0.4, -0.2) is 40.0 Å². The third kappa shape index (κ3) is 4.68. The fraction of sp³-hybridized carbons (Fsp3) is 0.600. The Bertz CT molecular complexity index is 384. The molecule has 0 aliphatic heterocycles. The van der Waals surface area contributed by atoms with E-state index in [0.717, 1.165) is 12.1 Å². The van der Waals surface area contributed by atoms with Crippen LogP contribution in [0.5, 0.6) is 0 Å². The molecule has 4 heteroatoms. The summed E-state index contributed by atoms with van der Waals surface area (Å²) in [7, 11) is 3.44. The SMILES string of the molecule is COCCN(c1ccc(C)cc1CCl)C(C)COC. The van der Waals surface area contributed by atoms with Crippen LogP contribution in [0.3, 0.4) is 0 Å². The molecule has 0 saturated carbocycles. The molecule has 19 heavy (non-hydrogen) atoms. The third-order valence-electron chi connectivity index (χ3n) is 3.16. The first kappa shape index (κ1) is 16.3. The van der Waals surface area contributed by atoms with Gasteiger partial charge < -0.3 is 14.4 Å². The molecule has 0 saturated heterocycles. The van der Waals surface area contributed by atoms with Gasteiger partial charge in [0.05, 0.1) is 13.2 Å². The summed E-state index contributed by atoms with van der Waals surface area (Å²) in [5.74, 6) is 0.514. The zero-order valence-corrected chi connectivity index (χ0v) is 13.0. The minimum atomic E-state index is 0.282. The molecule has 0 fully saturated rings. The number of aryl methyl sites for hydroxylation is 1. The van der Waals surface area contributed by atoms with E-state index >= 15 is 0 Å². The van der Waals surface area contributed by atoms with Crippen LogP contribution in [0.1, 0.15) is 18.1 Å². The molecule has 0 aliphatic rings. The topological polar surface area (TPSA) is 21.7 Å². The lowest BCUT2D eigenvalue weighted by Crippen LogP contribution is -2.39. The van der Waals surface area contributed by atoms with Gasteiger partial charge in [-0.25, -0.2) is 0 Å². The van der Waals surface area contributed by atoms with Crippen molar-refractivity contribution in [2.75, 3.05) is 38.9 Å². The first-order chi connectivity index (χ1) is 9.13. The van der Waals surface area contributed by atoms with E-state index in [-0.39, 0.29) is 6.04 Å². The van der Waals surface area contributed by atoms with Gasteiger partial charge in [-0.05, 0) is 25.5 Å². The number of benzene rings is 1. The van der Waals surface area contributed by atoms with Crippen molar-refractivity contribution in [1.82, 2.24) is 0 Å². The summed E-state index contributed by atoms with van der Waals surface area (Å²) >= 11 is 6.07. The lowest BCUT2D eigenvalue weighted by atomic mass is 10.1. The predicted octanol–water partition coefficient (Wildman–Crippen LogP) is 3.22. The van der Waals surface area contributed by atoms with Crippen LogP contribution >= 0.6 is 11.6 Å². The molecule has 0 spiro atoms. The summed E-state index contributed by atoms with van der Waals surface area (Å²) in [4.78, 5) is 2.30. The highest BCUT2D eigenvalue weighted by atomic mass is 35.5. The van der Waals surface area contributed by atoms with E-state index < -0.39 is 0 Å². The third-order valence-corrected chi connectivity index (χ3v) is 3.45. The van der Waals surface area contributed by atoms with Gasteiger partial charge in [0.1, 0.15) is 0 Å². The lowest BCUT2D eigenvalue weighted by molar-refractivity contribution is 0.171. The molecule has 1 unspecified atom stereocenters. The second-order valence-electron chi connectivity index (χ2n) is 4.76. The zero-order valence-electron chi connectivity index (χ0n) is 12.3. The van der Waals surface area contributed by atoms with Crippen molar-refractivity contribution in [2.45, 2.75) is 25.8 Å². The molecule has 1 aromatic carbocycles. The first-order valence-electron chi connectivity index (χ1n) is 6.54. The fourth-order valence-electron chi connectivity index (χ4n) is 2.20. The number of alkyl halides is 1. The number of nitrogens with zero attached hydrogens (tertiary/aromatic N) is 1. The summed E-state index contributed by atoms with van der Waals surface area (Å²) < 4.78 is 10.5. The fourth-order valence-corrected chi connectivity index (χ4v) is 2.41. The molecule has 0 bridgehead atoms. The molecule has 0 radical (unpaired) electrons. The number of ether oxygens (including phenoxy) is 2. The standard InChI is InChI=1S/C15H24ClNO2/c1-12-5-6-15(14(9-12)10-16)17(7-8-18-3)13(2)11-19-4/h5-6,9,13H,7-8,10-11H2,1-4H3. The van der Waals surface area contributed by atoms with Crippen molar-refractivity contribution in [3.8, 4) is 0 Å². The van der Waals surface area contributed by atoms with Crippen LogP contribution in [0.2, 0.25) is 0 Å². The Balaban J connectivity index is 3.01. The maximum atomic E-state index is 6.07. The molecule has 0 amide bonds. The van der Waals surface area contributed by atoms with Crippen molar-refractivity contribution < 1.29 is 9.47 Å². The van der Waals surface area contributed by atoms with Crippen molar-refractivity contribution in [2.24, 2.45) is 0 Å². The van der Waals surface area contributed by atoms with Crippen LogP contribution < -0.4 is 4.90 Å². The smallest absolute Gasteiger partial charge is 0.0663 e. The number of hydrogen-bond acceptors (Lipinski definition) is 3. The molecule has 0 aromatic heterocycles. The summed E-state index contributed by atoms with van der Waals surface area (Å²) in [6.45, 7) is 6.42. The maximum absolute atomic E-state index is 6.07. The van der Waals surface area contributed by atoms with Crippen LogP contribution in [0.4, 0.5) is 5.69 Å². The highest BCUT2D eigenvalue weighted by Gasteiger charge is 2.17. The van der Waals surface area contributed by atoms with Gasteiger partial charge in [0, 0.05) is 38.4 Å². The second kappa shape index (κ2) is 8.41. The largest absolute Gasteiger partial charge is 0.383 e. The molecule has 0 heterocycles. The van der Waals surface area contributed by atoms with E-state index in [2.05, 4.69) is 36.9 Å². The van der Waals surface area contributed by atoms with Gasteiger partial charge in [-0.15, -0.1) is 11.6 Å². The van der Waals surface area contributed by atoms with Crippen molar-refractivity contribution in [3.63, 3.8) is 0 Å². The number of methoxy groups -OCH3 is 2. The average Bonchev–Trinajstić information content (AvgIpc) is 2.40. The van der Waals surface area contributed by atoms with Crippen LogP contribution in [0.15, 0.2) is 18.2 Å². The van der Waals surface area contributed by atoms with Crippen LogP contribution in [-0.2, 0) is 15.4 Å². The van der Waals surface area contributed by atoms with Gasteiger partial charge in [0.25, 0.3) is 0 Å². The van der Waals surface area contributed by atoms with Gasteiger partial charge in [-0.3, -0.25) is 0 Å². The minimum absolute atomic E-state index is 0.282. The Labute approximate surface area is 121 Å². The predicted molar refractivity (Wildman–Crippen MR) is 81.3 cm³/mol. The quantitative estimate of drug-likeness (QED) is 0.685. The Morgan fingerprint density at radius 1 is 1.26 bits per heavy atom. The van der Waals surface area contributed by atoms with Gasteiger partial charge >= 0.3 is 0 Å². The normalized spacial score (nSPS) is 12.5. The van der Waals surface area contributed by atoms with E-state index in [1.165, 1.54) is 11.3 Å². The maximum Gasteiger partial charge on any atom is 0.0663 e. The van der Waals surface area contributed by atoms with Crippen LogP contribution in [0.25, 0.3) is 0 Å². The summed E-state index contributed by atoms with van der Waals surface area (Å²) in [6.07, 6.45) is 0. The van der Waals surface area contributed by atoms with Gasteiger partial charge in [-0.2, -0.15) is 0 Å². The highest BCUT2D eigenvalue weighted by molar-refractivity contribution is 6.17. The van der Waals surface area contributed by atoms with Crippen molar-refractivity contribution >= 4 is 17.3 Å². The highest BCUT2D eigenvalue weighted by Crippen LogP contribution is 2.25. The Hall–Kier alpha value is -0.770. The molecule has 1 rings (SSSR count). The number of halogens is 1. The van der Waals surface area contributed by atoms with Crippen LogP contribution in [0, 0.1) is 6.92 Å². The Morgan fingerprint density at radius 2 is 2.00 bits per heavy atom. The molecule has 1 atom stereocenters. The average molecular weight is 286 g/mol. The van der Waals surface area contributed by atoms with E-state index in [1.54, 1.807) is 14.2 Å². The Morgan fingerprint density at radius 3 is 2.58 bits per heavy atom. The van der Waals surface area contributed by atoms with E-state index in [9.17, 15) is 0 Å². The lowest BCUT2D eigenvalue weighted by Gasteiger charge is -2.32. The molecule has 108 valence electrons. The first-order valence-corrected chi connectivity index (χ1v) is 7.07. The number of rotatable bonds is 8. The van der Waals surface area contributed by atoms with E-state index in [1.807, 2.05) is 0 Å².